The lowest BCUT2D eigenvalue weighted by Gasteiger charge is -2.13. The summed E-state index contributed by atoms with van der Waals surface area (Å²) in [5.74, 6) is -0.0345. The number of carbonyl (C=O) groups is 1. The van der Waals surface area contributed by atoms with Crippen molar-refractivity contribution in [3.8, 4) is 17.2 Å². The monoisotopic (exact) mass is 338 g/mol. The fourth-order valence-electron chi connectivity index (χ4n) is 1.79. The number of hydrogen-bond acceptors (Lipinski definition) is 3. The van der Waals surface area contributed by atoms with Crippen LogP contribution >= 0.6 is 15.9 Å². The van der Waals surface area contributed by atoms with Crippen LogP contribution in [0.2, 0.25) is 0 Å². The van der Waals surface area contributed by atoms with Gasteiger partial charge in [0.25, 0.3) is 0 Å². The molecule has 0 bridgehead atoms. The standard InChI is InChI=1S/C15H12BrFO3/c1-9(18)15-12(19-2)4-3-5-13(15)20-14-8-10(16)6-7-11(14)17/h3-8H,1-2H3. The highest BCUT2D eigenvalue weighted by Gasteiger charge is 2.16. The molecule has 5 heteroatoms. The Bertz CT molecular complexity index is 656. The van der Waals surface area contributed by atoms with Gasteiger partial charge in [0.1, 0.15) is 17.1 Å². The van der Waals surface area contributed by atoms with Crippen molar-refractivity contribution in [1.82, 2.24) is 0 Å². The van der Waals surface area contributed by atoms with E-state index >= 15 is 0 Å². The Morgan fingerprint density at radius 3 is 2.50 bits per heavy atom. The van der Waals surface area contributed by atoms with Crippen molar-refractivity contribution in [2.24, 2.45) is 0 Å². The number of ether oxygens (including phenoxy) is 2. The summed E-state index contributed by atoms with van der Waals surface area (Å²) < 4.78 is 25.0. The Labute approximate surface area is 124 Å². The zero-order valence-electron chi connectivity index (χ0n) is 10.9. The van der Waals surface area contributed by atoms with Gasteiger partial charge in [-0.15, -0.1) is 0 Å². The third-order valence-corrected chi connectivity index (χ3v) is 3.17. The van der Waals surface area contributed by atoms with Crippen molar-refractivity contribution in [1.29, 1.82) is 0 Å². The Morgan fingerprint density at radius 1 is 1.15 bits per heavy atom. The van der Waals surface area contributed by atoms with Crippen molar-refractivity contribution in [3.05, 3.63) is 52.3 Å². The molecule has 20 heavy (non-hydrogen) atoms. The van der Waals surface area contributed by atoms with E-state index in [2.05, 4.69) is 15.9 Å². The maximum absolute atomic E-state index is 13.7. The molecular formula is C15H12BrFO3. The third kappa shape index (κ3) is 2.99. The van der Waals surface area contributed by atoms with E-state index in [9.17, 15) is 9.18 Å². The minimum atomic E-state index is -0.509. The van der Waals surface area contributed by atoms with Crippen molar-refractivity contribution >= 4 is 21.7 Å². The second kappa shape index (κ2) is 6.05. The van der Waals surface area contributed by atoms with Crippen LogP contribution in [-0.4, -0.2) is 12.9 Å². The Hall–Kier alpha value is -1.88. The lowest BCUT2D eigenvalue weighted by atomic mass is 10.1. The van der Waals surface area contributed by atoms with Crippen molar-refractivity contribution < 1.29 is 18.7 Å². The summed E-state index contributed by atoms with van der Waals surface area (Å²) in [5.41, 5.74) is 0.286. The molecule has 0 radical (unpaired) electrons. The van der Waals surface area contributed by atoms with Crippen LogP contribution in [-0.2, 0) is 0 Å². The highest BCUT2D eigenvalue weighted by Crippen LogP contribution is 2.34. The zero-order valence-corrected chi connectivity index (χ0v) is 12.5. The van der Waals surface area contributed by atoms with Gasteiger partial charge < -0.3 is 9.47 Å². The molecule has 0 spiro atoms. The van der Waals surface area contributed by atoms with E-state index in [0.29, 0.717) is 10.2 Å². The van der Waals surface area contributed by atoms with E-state index < -0.39 is 5.82 Å². The SMILES string of the molecule is COc1cccc(Oc2cc(Br)ccc2F)c1C(C)=O. The lowest BCUT2D eigenvalue weighted by Crippen LogP contribution is -2.01. The predicted octanol–water partition coefficient (Wildman–Crippen LogP) is 4.59. The van der Waals surface area contributed by atoms with Crippen LogP contribution in [0.4, 0.5) is 4.39 Å². The van der Waals surface area contributed by atoms with Gasteiger partial charge in [-0.2, -0.15) is 0 Å². The molecule has 0 aromatic heterocycles. The Balaban J connectivity index is 2.48. The highest BCUT2D eigenvalue weighted by molar-refractivity contribution is 9.10. The molecule has 0 heterocycles. The number of benzene rings is 2. The van der Waals surface area contributed by atoms with Gasteiger partial charge in [0.15, 0.2) is 17.3 Å². The molecule has 2 aromatic rings. The number of rotatable bonds is 4. The minimum Gasteiger partial charge on any atom is -0.496 e. The van der Waals surface area contributed by atoms with E-state index in [-0.39, 0.29) is 22.8 Å². The van der Waals surface area contributed by atoms with Crippen LogP contribution in [0.15, 0.2) is 40.9 Å². The molecule has 3 nitrogen and oxygen atoms in total. The van der Waals surface area contributed by atoms with Crippen LogP contribution in [0, 0.1) is 5.82 Å². The third-order valence-electron chi connectivity index (χ3n) is 2.67. The highest BCUT2D eigenvalue weighted by atomic mass is 79.9. The summed E-state index contributed by atoms with van der Waals surface area (Å²) in [6, 6.07) is 9.28. The fraction of sp³-hybridized carbons (Fsp3) is 0.133. The summed E-state index contributed by atoms with van der Waals surface area (Å²) in [7, 11) is 1.46. The zero-order chi connectivity index (χ0) is 14.7. The van der Waals surface area contributed by atoms with E-state index in [4.69, 9.17) is 9.47 Å². The van der Waals surface area contributed by atoms with Crippen LogP contribution in [0.25, 0.3) is 0 Å². The molecule has 2 aromatic carbocycles. The van der Waals surface area contributed by atoms with Gasteiger partial charge in [-0.1, -0.05) is 22.0 Å². The number of methoxy groups -OCH3 is 1. The van der Waals surface area contributed by atoms with Gasteiger partial charge in [-0.3, -0.25) is 4.79 Å². The van der Waals surface area contributed by atoms with E-state index in [0.717, 1.165) is 0 Å². The molecule has 0 fully saturated rings. The van der Waals surface area contributed by atoms with Gasteiger partial charge in [-0.05, 0) is 37.3 Å². The smallest absolute Gasteiger partial charge is 0.167 e. The molecule has 0 N–H and O–H groups in total. The van der Waals surface area contributed by atoms with Crippen molar-refractivity contribution in [3.63, 3.8) is 0 Å². The summed E-state index contributed by atoms with van der Waals surface area (Å²) in [4.78, 5) is 11.7. The van der Waals surface area contributed by atoms with Crippen LogP contribution < -0.4 is 9.47 Å². The Kier molecular flexibility index (Phi) is 4.39. The summed E-state index contributed by atoms with van der Waals surface area (Å²) in [5, 5.41) is 0. The first kappa shape index (κ1) is 14.5. The maximum atomic E-state index is 13.7. The van der Waals surface area contributed by atoms with Gasteiger partial charge in [0.2, 0.25) is 0 Å². The van der Waals surface area contributed by atoms with E-state index in [1.807, 2.05) is 0 Å². The van der Waals surface area contributed by atoms with E-state index in [1.54, 1.807) is 24.3 Å². The number of halogens is 2. The molecule has 0 aliphatic heterocycles. The topological polar surface area (TPSA) is 35.5 Å². The molecule has 0 amide bonds. The van der Waals surface area contributed by atoms with Gasteiger partial charge in [0.05, 0.1) is 7.11 Å². The van der Waals surface area contributed by atoms with E-state index in [1.165, 1.54) is 26.2 Å². The van der Waals surface area contributed by atoms with Crippen LogP contribution in [0.5, 0.6) is 17.2 Å². The maximum Gasteiger partial charge on any atom is 0.167 e. The second-order valence-electron chi connectivity index (χ2n) is 4.07. The quantitative estimate of drug-likeness (QED) is 0.764. The predicted molar refractivity (Wildman–Crippen MR) is 77.2 cm³/mol. The largest absolute Gasteiger partial charge is 0.496 e. The second-order valence-corrected chi connectivity index (χ2v) is 4.98. The van der Waals surface area contributed by atoms with Crippen molar-refractivity contribution in [2.45, 2.75) is 6.92 Å². The number of hydrogen-bond donors (Lipinski definition) is 0. The normalized spacial score (nSPS) is 10.2. The first-order valence-corrected chi connectivity index (χ1v) is 6.63. The Morgan fingerprint density at radius 2 is 1.85 bits per heavy atom. The first-order chi connectivity index (χ1) is 9.52. The van der Waals surface area contributed by atoms with Crippen molar-refractivity contribution in [2.75, 3.05) is 7.11 Å². The fourth-order valence-corrected chi connectivity index (χ4v) is 2.13. The number of ketones is 1. The minimum absolute atomic E-state index is 0.0372. The average Bonchev–Trinajstić information content (AvgIpc) is 2.42. The summed E-state index contributed by atoms with van der Waals surface area (Å²) in [6.45, 7) is 1.40. The molecule has 0 atom stereocenters. The molecule has 0 saturated carbocycles. The van der Waals surface area contributed by atoms with Gasteiger partial charge >= 0.3 is 0 Å². The molecule has 104 valence electrons. The lowest BCUT2D eigenvalue weighted by molar-refractivity contribution is 0.101. The first-order valence-electron chi connectivity index (χ1n) is 5.83. The molecule has 0 aliphatic carbocycles. The van der Waals surface area contributed by atoms with Gasteiger partial charge in [-0.25, -0.2) is 4.39 Å². The average molecular weight is 339 g/mol. The molecular weight excluding hydrogens is 327 g/mol. The van der Waals surface area contributed by atoms with Gasteiger partial charge in [0, 0.05) is 4.47 Å². The molecule has 0 saturated heterocycles. The summed E-state index contributed by atoms with van der Waals surface area (Å²) >= 11 is 3.25. The molecule has 0 unspecified atom stereocenters. The number of Topliss-reactive ketones (excluding diaryl/α,β-unsaturated/α-hetero) is 1. The molecule has 2 rings (SSSR count). The number of carbonyl (C=O) groups excluding carboxylic acids is 1. The molecule has 0 aliphatic rings. The van der Waals surface area contributed by atoms with Crippen LogP contribution in [0.3, 0.4) is 0 Å². The summed E-state index contributed by atoms with van der Waals surface area (Å²) in [6.07, 6.45) is 0. The van der Waals surface area contributed by atoms with Crippen LogP contribution in [0.1, 0.15) is 17.3 Å².